The number of fused-ring (bicyclic) bond motifs is 1. The molecule has 124 valence electrons. The molecule has 0 spiro atoms. The minimum absolute atomic E-state index is 0.175. The summed E-state index contributed by atoms with van der Waals surface area (Å²) in [7, 11) is -3.65. The zero-order chi connectivity index (χ0) is 16.6. The van der Waals surface area contributed by atoms with E-state index < -0.39 is 10.0 Å². The van der Waals surface area contributed by atoms with Crippen LogP contribution in [-0.4, -0.2) is 39.7 Å². The molecule has 0 saturated heterocycles. The molecule has 1 N–H and O–H groups in total. The standard InChI is InChI=1S/C13H17N5O3S2/c1-9-12(22-13(15-9)16-10(2)19)23(20,21)18-5-3-4-17-8-14-6-11(17)7-18/h6,8H,3-5,7H2,1-2H3,(H,15,16,19). The molecule has 0 aromatic carbocycles. The number of carbonyl (C=O) groups is 1. The van der Waals surface area contributed by atoms with Crippen LogP contribution in [0.2, 0.25) is 0 Å². The minimum atomic E-state index is -3.65. The largest absolute Gasteiger partial charge is 0.333 e. The number of nitrogens with one attached hydrogen (secondary N) is 1. The number of carbonyl (C=O) groups excluding carboxylic acids is 1. The van der Waals surface area contributed by atoms with Gasteiger partial charge >= 0.3 is 0 Å². The second-order valence-corrected chi connectivity index (χ2v) is 8.48. The summed E-state index contributed by atoms with van der Waals surface area (Å²) in [4.78, 5) is 19.3. The van der Waals surface area contributed by atoms with Crippen LogP contribution < -0.4 is 5.32 Å². The van der Waals surface area contributed by atoms with Crippen LogP contribution in [0.3, 0.4) is 0 Å². The van der Waals surface area contributed by atoms with E-state index in [1.165, 1.54) is 11.2 Å². The Morgan fingerprint density at radius 1 is 1.39 bits per heavy atom. The average Bonchev–Trinajstić information content (AvgIpc) is 2.99. The Kier molecular flexibility index (Phi) is 4.21. The van der Waals surface area contributed by atoms with E-state index in [2.05, 4.69) is 15.3 Å². The Bertz CT molecular complexity index is 840. The SMILES string of the molecule is CC(=O)Nc1nc(C)c(S(=O)(=O)N2CCCn3cncc3C2)s1. The number of thiazole rings is 1. The third-order valence-corrected chi connectivity index (χ3v) is 7.06. The van der Waals surface area contributed by atoms with Gasteiger partial charge in [0, 0.05) is 26.2 Å². The molecular weight excluding hydrogens is 338 g/mol. The third-order valence-electron chi connectivity index (χ3n) is 3.55. The number of amides is 1. The molecule has 0 radical (unpaired) electrons. The predicted octanol–water partition coefficient (Wildman–Crippen LogP) is 1.20. The Balaban J connectivity index is 1.92. The van der Waals surface area contributed by atoms with Crippen LogP contribution in [0.5, 0.6) is 0 Å². The van der Waals surface area contributed by atoms with E-state index in [9.17, 15) is 13.2 Å². The van der Waals surface area contributed by atoms with Crippen molar-refractivity contribution in [3.05, 3.63) is 23.9 Å². The molecule has 2 aromatic heterocycles. The van der Waals surface area contributed by atoms with E-state index in [1.807, 2.05) is 4.57 Å². The average molecular weight is 355 g/mol. The van der Waals surface area contributed by atoms with Crippen molar-refractivity contribution in [1.82, 2.24) is 18.8 Å². The quantitative estimate of drug-likeness (QED) is 0.892. The van der Waals surface area contributed by atoms with E-state index in [0.29, 0.717) is 17.4 Å². The molecule has 10 heteroatoms. The summed E-state index contributed by atoms with van der Waals surface area (Å²) in [6.45, 7) is 4.48. The molecule has 1 aliphatic heterocycles. The van der Waals surface area contributed by atoms with Crippen molar-refractivity contribution >= 4 is 32.4 Å². The molecule has 0 saturated carbocycles. The normalized spacial score (nSPS) is 15.9. The molecular formula is C13H17N5O3S2. The highest BCUT2D eigenvalue weighted by atomic mass is 32.2. The first-order valence-corrected chi connectivity index (χ1v) is 9.38. The number of nitrogens with zero attached hydrogens (tertiary/aromatic N) is 4. The molecule has 1 aliphatic rings. The van der Waals surface area contributed by atoms with Crippen molar-refractivity contribution in [2.45, 2.75) is 37.6 Å². The Hall–Kier alpha value is -1.78. The zero-order valence-electron chi connectivity index (χ0n) is 12.8. The molecule has 0 fully saturated rings. The van der Waals surface area contributed by atoms with E-state index in [0.717, 1.165) is 30.0 Å². The van der Waals surface area contributed by atoms with Crippen molar-refractivity contribution < 1.29 is 13.2 Å². The summed E-state index contributed by atoms with van der Waals surface area (Å²) in [5, 5.41) is 2.84. The Morgan fingerprint density at radius 3 is 2.91 bits per heavy atom. The van der Waals surface area contributed by atoms with Gasteiger partial charge in [-0.15, -0.1) is 0 Å². The highest BCUT2D eigenvalue weighted by Gasteiger charge is 2.31. The molecule has 0 bridgehead atoms. The lowest BCUT2D eigenvalue weighted by molar-refractivity contribution is -0.114. The molecule has 0 unspecified atom stereocenters. The Labute approximate surface area is 138 Å². The maximum atomic E-state index is 12.9. The minimum Gasteiger partial charge on any atom is -0.333 e. The highest BCUT2D eigenvalue weighted by Crippen LogP contribution is 2.31. The smallest absolute Gasteiger partial charge is 0.254 e. The number of anilines is 1. The predicted molar refractivity (Wildman–Crippen MR) is 85.6 cm³/mol. The van der Waals surface area contributed by atoms with Gasteiger partial charge in [-0.1, -0.05) is 11.3 Å². The molecule has 0 aliphatic carbocycles. The first-order chi connectivity index (χ1) is 10.9. The molecule has 0 atom stereocenters. The van der Waals surface area contributed by atoms with Crippen LogP contribution in [0.1, 0.15) is 24.7 Å². The van der Waals surface area contributed by atoms with Crippen LogP contribution in [0.4, 0.5) is 5.13 Å². The van der Waals surface area contributed by atoms with Gasteiger partial charge in [0.1, 0.15) is 0 Å². The van der Waals surface area contributed by atoms with E-state index in [4.69, 9.17) is 0 Å². The van der Waals surface area contributed by atoms with Gasteiger partial charge in [0.15, 0.2) is 9.34 Å². The number of rotatable bonds is 3. The van der Waals surface area contributed by atoms with Crippen LogP contribution in [0, 0.1) is 6.92 Å². The number of hydrogen-bond acceptors (Lipinski definition) is 6. The van der Waals surface area contributed by atoms with Crippen LogP contribution in [-0.2, 0) is 27.9 Å². The molecule has 2 aromatic rings. The van der Waals surface area contributed by atoms with E-state index >= 15 is 0 Å². The fourth-order valence-electron chi connectivity index (χ4n) is 2.51. The third kappa shape index (κ3) is 3.14. The molecule has 3 heterocycles. The van der Waals surface area contributed by atoms with Gasteiger partial charge in [0.05, 0.1) is 24.3 Å². The number of aromatic nitrogens is 3. The van der Waals surface area contributed by atoms with Gasteiger partial charge in [-0.05, 0) is 13.3 Å². The number of imidazole rings is 1. The van der Waals surface area contributed by atoms with Crippen LogP contribution in [0.15, 0.2) is 16.7 Å². The van der Waals surface area contributed by atoms with Gasteiger partial charge in [0.2, 0.25) is 5.91 Å². The van der Waals surface area contributed by atoms with Crippen molar-refractivity contribution in [3.63, 3.8) is 0 Å². The number of hydrogen-bond donors (Lipinski definition) is 1. The van der Waals surface area contributed by atoms with Crippen molar-refractivity contribution in [1.29, 1.82) is 0 Å². The van der Waals surface area contributed by atoms with Crippen molar-refractivity contribution in [3.8, 4) is 0 Å². The monoisotopic (exact) mass is 355 g/mol. The van der Waals surface area contributed by atoms with Gasteiger partial charge < -0.3 is 9.88 Å². The molecule has 3 rings (SSSR count). The maximum Gasteiger partial charge on any atom is 0.254 e. The first-order valence-electron chi connectivity index (χ1n) is 7.12. The van der Waals surface area contributed by atoms with Crippen LogP contribution >= 0.6 is 11.3 Å². The van der Waals surface area contributed by atoms with Gasteiger partial charge in [-0.2, -0.15) is 4.31 Å². The van der Waals surface area contributed by atoms with Crippen molar-refractivity contribution in [2.75, 3.05) is 11.9 Å². The van der Waals surface area contributed by atoms with Gasteiger partial charge in [0.25, 0.3) is 10.0 Å². The summed E-state index contributed by atoms with van der Waals surface area (Å²) in [5.41, 5.74) is 1.27. The second kappa shape index (κ2) is 6.02. The summed E-state index contributed by atoms with van der Waals surface area (Å²) in [5.74, 6) is -0.277. The topological polar surface area (TPSA) is 97.2 Å². The van der Waals surface area contributed by atoms with Gasteiger partial charge in [-0.25, -0.2) is 18.4 Å². The molecule has 1 amide bonds. The summed E-state index contributed by atoms with van der Waals surface area (Å²) in [6, 6.07) is 0. The number of aryl methyl sites for hydroxylation is 2. The van der Waals surface area contributed by atoms with Gasteiger partial charge in [-0.3, -0.25) is 4.79 Å². The Morgan fingerprint density at radius 2 is 2.17 bits per heavy atom. The van der Waals surface area contributed by atoms with E-state index in [-0.39, 0.29) is 16.7 Å². The lowest BCUT2D eigenvalue weighted by Gasteiger charge is -2.18. The summed E-state index contributed by atoms with van der Waals surface area (Å²) < 4.78 is 29.5. The second-order valence-electron chi connectivity index (χ2n) is 5.34. The lowest BCUT2D eigenvalue weighted by Crippen LogP contribution is -2.30. The zero-order valence-corrected chi connectivity index (χ0v) is 14.4. The number of sulfonamides is 1. The summed E-state index contributed by atoms with van der Waals surface area (Å²) in [6.07, 6.45) is 4.13. The summed E-state index contributed by atoms with van der Waals surface area (Å²) >= 11 is 0.983. The molecule has 23 heavy (non-hydrogen) atoms. The maximum absolute atomic E-state index is 12.9. The highest BCUT2D eigenvalue weighted by molar-refractivity contribution is 7.91. The van der Waals surface area contributed by atoms with Crippen molar-refractivity contribution in [2.24, 2.45) is 0 Å². The lowest BCUT2D eigenvalue weighted by atomic mass is 10.4. The fourth-order valence-corrected chi connectivity index (χ4v) is 5.55. The molecule has 8 nitrogen and oxygen atoms in total. The van der Waals surface area contributed by atoms with Crippen LogP contribution in [0.25, 0.3) is 0 Å². The first kappa shape index (κ1) is 16.1. The fraction of sp³-hybridized carbons (Fsp3) is 0.462. The van der Waals surface area contributed by atoms with E-state index in [1.54, 1.807) is 19.4 Å².